The van der Waals surface area contributed by atoms with Gasteiger partial charge in [-0.2, -0.15) is 0 Å². The lowest BCUT2D eigenvalue weighted by Gasteiger charge is -2.26. The van der Waals surface area contributed by atoms with E-state index in [0.717, 1.165) is 25.7 Å². The van der Waals surface area contributed by atoms with E-state index in [0.29, 0.717) is 39.5 Å². The molecule has 0 saturated carbocycles. The van der Waals surface area contributed by atoms with E-state index in [1.807, 2.05) is 4.90 Å². The lowest BCUT2D eigenvalue weighted by Crippen LogP contribution is -2.45. The Balaban J connectivity index is 4.37. The third-order valence-electron chi connectivity index (χ3n) is 10.2. The fourth-order valence-electron chi connectivity index (χ4n) is 6.75. The molecule has 0 aliphatic rings. The van der Waals surface area contributed by atoms with Crippen LogP contribution in [-0.2, 0) is 19.0 Å². The van der Waals surface area contributed by atoms with Crippen LogP contribution in [0.15, 0.2) is 24.3 Å². The summed E-state index contributed by atoms with van der Waals surface area (Å²) in [6.07, 6.45) is 43.0. The zero-order valence-electron chi connectivity index (χ0n) is 35.7. The van der Waals surface area contributed by atoms with Gasteiger partial charge in [0.2, 0.25) is 5.91 Å². The third-order valence-corrected chi connectivity index (χ3v) is 10.2. The molecule has 0 aromatic carbocycles. The van der Waals surface area contributed by atoms with Crippen molar-refractivity contribution in [1.82, 2.24) is 4.90 Å². The number of aliphatic hydroxyl groups excluding tert-OH is 2. The number of hydrogen-bond acceptors (Lipinski definition) is 7. The van der Waals surface area contributed by atoms with E-state index in [9.17, 15) is 15.0 Å². The first-order valence-electron chi connectivity index (χ1n) is 22.9. The Morgan fingerprint density at radius 3 is 1.28 bits per heavy atom. The number of carbonyl (C=O) groups is 1. The Hall–Kier alpha value is -1.29. The van der Waals surface area contributed by atoms with Crippen molar-refractivity contribution < 1.29 is 29.2 Å². The van der Waals surface area contributed by atoms with Crippen LogP contribution in [0.1, 0.15) is 194 Å². The summed E-state index contributed by atoms with van der Waals surface area (Å²) in [7, 11) is 0. The predicted molar refractivity (Wildman–Crippen MR) is 229 cm³/mol. The molecule has 4 N–H and O–H groups in total. The minimum Gasteiger partial charge on any atom is -0.395 e. The van der Waals surface area contributed by atoms with Gasteiger partial charge in [-0.15, -0.1) is 0 Å². The fraction of sp³-hybridized carbons (Fsp3) is 0.891. The third kappa shape index (κ3) is 37.6. The Bertz CT molecular complexity index is 804. The molecule has 0 saturated heterocycles. The van der Waals surface area contributed by atoms with Crippen LogP contribution >= 0.6 is 0 Å². The van der Waals surface area contributed by atoms with Gasteiger partial charge in [-0.1, -0.05) is 154 Å². The SMILES string of the molecule is CCCCCCCC/C=C\CCCCCCCCOC(COCCN(CCO)CCO)C(OCCCCCCCC/C=C\CCCCCCCC)C(N)=O. The second-order valence-electron chi connectivity index (χ2n) is 15.3. The van der Waals surface area contributed by atoms with Gasteiger partial charge in [0.05, 0.1) is 26.4 Å². The summed E-state index contributed by atoms with van der Waals surface area (Å²) < 4.78 is 18.2. The number of nitrogens with two attached hydrogens (primary N) is 1. The molecular formula is C46H90N2O6. The van der Waals surface area contributed by atoms with E-state index in [1.165, 1.54) is 154 Å². The lowest BCUT2D eigenvalue weighted by molar-refractivity contribution is -0.148. The second kappa shape index (κ2) is 44.4. The zero-order chi connectivity index (χ0) is 39.4. The zero-order valence-corrected chi connectivity index (χ0v) is 35.7. The van der Waals surface area contributed by atoms with Crippen LogP contribution in [0, 0.1) is 0 Å². The van der Waals surface area contributed by atoms with Crippen LogP contribution in [0.4, 0.5) is 0 Å². The topological polar surface area (TPSA) is 114 Å². The van der Waals surface area contributed by atoms with Crippen LogP contribution in [0.3, 0.4) is 0 Å². The molecule has 54 heavy (non-hydrogen) atoms. The highest BCUT2D eigenvalue weighted by Crippen LogP contribution is 2.14. The van der Waals surface area contributed by atoms with Gasteiger partial charge in [-0.05, 0) is 64.2 Å². The number of allylic oxidation sites excluding steroid dienone is 4. The largest absolute Gasteiger partial charge is 0.395 e. The molecule has 0 aromatic heterocycles. The number of carbonyl (C=O) groups excluding carboxylic acids is 1. The molecule has 0 heterocycles. The number of hydrogen-bond donors (Lipinski definition) is 3. The Labute approximate surface area is 334 Å². The van der Waals surface area contributed by atoms with Crippen LogP contribution < -0.4 is 5.73 Å². The Morgan fingerprint density at radius 2 is 0.889 bits per heavy atom. The first-order valence-corrected chi connectivity index (χ1v) is 22.9. The normalized spacial score (nSPS) is 13.2. The molecule has 320 valence electrons. The van der Waals surface area contributed by atoms with Crippen molar-refractivity contribution in [1.29, 1.82) is 0 Å². The molecular weight excluding hydrogens is 677 g/mol. The molecule has 0 fully saturated rings. The standard InChI is InChI=1S/C46H90N2O6/c1-3-5-7-9-11-13-15-17-19-21-23-25-27-29-31-33-40-53-44(43-52-42-37-48(35-38-49)36-39-50)45(46(47)51)54-41-34-32-30-28-26-24-22-20-18-16-14-12-10-8-6-4-2/h17-20,44-45,49-50H,3-16,21-43H2,1-2H3,(H2,47,51)/b19-17-,20-18-. The molecule has 8 heteroatoms. The number of unbranched alkanes of at least 4 members (excludes halogenated alkanes) is 24. The molecule has 0 bridgehead atoms. The van der Waals surface area contributed by atoms with Gasteiger partial charge in [0.1, 0.15) is 6.10 Å². The molecule has 8 nitrogen and oxygen atoms in total. The molecule has 1 amide bonds. The molecule has 0 aliphatic carbocycles. The molecule has 0 radical (unpaired) electrons. The molecule has 0 spiro atoms. The summed E-state index contributed by atoms with van der Waals surface area (Å²) in [4.78, 5) is 14.5. The summed E-state index contributed by atoms with van der Waals surface area (Å²) in [6, 6.07) is 0. The lowest BCUT2D eigenvalue weighted by atomic mass is 10.1. The van der Waals surface area contributed by atoms with Crippen LogP contribution in [0.25, 0.3) is 0 Å². The minimum atomic E-state index is -0.853. The number of aliphatic hydroxyl groups is 2. The van der Waals surface area contributed by atoms with Crippen molar-refractivity contribution in [3.8, 4) is 0 Å². The van der Waals surface area contributed by atoms with E-state index in [4.69, 9.17) is 19.9 Å². The van der Waals surface area contributed by atoms with Gasteiger partial charge in [-0.25, -0.2) is 0 Å². The first kappa shape index (κ1) is 52.7. The Kier molecular flexibility index (Phi) is 43.4. The van der Waals surface area contributed by atoms with E-state index in [-0.39, 0.29) is 19.8 Å². The summed E-state index contributed by atoms with van der Waals surface area (Å²) in [5.41, 5.74) is 5.83. The smallest absolute Gasteiger partial charge is 0.249 e. The van der Waals surface area contributed by atoms with Crippen molar-refractivity contribution in [2.24, 2.45) is 5.73 Å². The maximum absolute atomic E-state index is 12.5. The summed E-state index contributed by atoms with van der Waals surface area (Å²) in [5.74, 6) is -0.517. The van der Waals surface area contributed by atoms with Crippen molar-refractivity contribution in [3.63, 3.8) is 0 Å². The van der Waals surface area contributed by atoms with Gasteiger partial charge < -0.3 is 30.2 Å². The molecule has 0 aromatic rings. The summed E-state index contributed by atoms with van der Waals surface area (Å²) >= 11 is 0. The van der Waals surface area contributed by atoms with Crippen LogP contribution in [0.5, 0.6) is 0 Å². The quantitative estimate of drug-likeness (QED) is 0.0418. The van der Waals surface area contributed by atoms with Crippen LogP contribution in [-0.4, -0.2) is 92.5 Å². The van der Waals surface area contributed by atoms with Gasteiger partial charge in [0.15, 0.2) is 6.10 Å². The summed E-state index contributed by atoms with van der Waals surface area (Å²) in [6.45, 7) is 7.73. The monoisotopic (exact) mass is 767 g/mol. The second-order valence-corrected chi connectivity index (χ2v) is 15.3. The highest BCUT2D eigenvalue weighted by molar-refractivity contribution is 5.79. The number of primary amides is 1. The molecule has 0 aliphatic heterocycles. The van der Waals surface area contributed by atoms with E-state index in [1.54, 1.807) is 0 Å². The minimum absolute atomic E-state index is 0.0242. The highest BCUT2D eigenvalue weighted by atomic mass is 16.6. The molecule has 0 rings (SSSR count). The molecule has 2 atom stereocenters. The predicted octanol–water partition coefficient (Wildman–Crippen LogP) is 10.6. The van der Waals surface area contributed by atoms with E-state index < -0.39 is 18.1 Å². The van der Waals surface area contributed by atoms with Crippen molar-refractivity contribution in [2.75, 3.05) is 59.3 Å². The van der Waals surface area contributed by atoms with Gasteiger partial charge in [0.25, 0.3) is 0 Å². The maximum Gasteiger partial charge on any atom is 0.249 e. The average molecular weight is 767 g/mol. The van der Waals surface area contributed by atoms with E-state index >= 15 is 0 Å². The fourth-order valence-corrected chi connectivity index (χ4v) is 6.75. The van der Waals surface area contributed by atoms with E-state index in [2.05, 4.69) is 38.2 Å². The van der Waals surface area contributed by atoms with Gasteiger partial charge in [0, 0.05) is 32.8 Å². The number of ether oxygens (including phenoxy) is 3. The van der Waals surface area contributed by atoms with Crippen LogP contribution in [0.2, 0.25) is 0 Å². The number of rotatable bonds is 45. The first-order chi connectivity index (χ1) is 26.6. The van der Waals surface area contributed by atoms with Crippen molar-refractivity contribution in [3.05, 3.63) is 24.3 Å². The maximum atomic E-state index is 12.5. The average Bonchev–Trinajstić information content (AvgIpc) is 3.16. The molecule has 2 unspecified atom stereocenters. The number of amides is 1. The van der Waals surface area contributed by atoms with Gasteiger partial charge >= 0.3 is 0 Å². The summed E-state index contributed by atoms with van der Waals surface area (Å²) in [5, 5.41) is 18.6. The van der Waals surface area contributed by atoms with Crippen molar-refractivity contribution in [2.45, 2.75) is 206 Å². The highest BCUT2D eigenvalue weighted by Gasteiger charge is 2.28. The Morgan fingerprint density at radius 1 is 0.519 bits per heavy atom. The van der Waals surface area contributed by atoms with Gasteiger partial charge in [-0.3, -0.25) is 9.69 Å². The van der Waals surface area contributed by atoms with Crippen molar-refractivity contribution >= 4 is 5.91 Å². The number of nitrogens with zero attached hydrogens (tertiary/aromatic N) is 1.